The molecule has 4 rings (SSSR count). The molecule has 1 saturated heterocycles. The Labute approximate surface area is 208 Å². The quantitative estimate of drug-likeness (QED) is 0.651. The zero-order valence-electron chi connectivity index (χ0n) is 21.0. The van der Waals surface area contributed by atoms with E-state index >= 15 is 0 Å². The number of carbonyl (C=O) groups excluding carboxylic acids is 1. The van der Waals surface area contributed by atoms with Crippen LogP contribution in [0.4, 0.5) is 18.0 Å². The van der Waals surface area contributed by atoms with Crippen molar-refractivity contribution < 1.29 is 27.9 Å². The first-order valence-corrected chi connectivity index (χ1v) is 12.0. The average molecular weight is 514 g/mol. The number of aryl methyl sites for hydroxylation is 1. The van der Waals surface area contributed by atoms with E-state index in [9.17, 15) is 18.0 Å². The molecule has 200 valence electrons. The lowest BCUT2D eigenvalue weighted by atomic mass is 9.83. The third-order valence-corrected chi connectivity index (χ3v) is 6.63. The average Bonchev–Trinajstić information content (AvgIpc) is 3.44. The molecule has 0 atom stereocenters. The molecule has 36 heavy (non-hydrogen) atoms. The Morgan fingerprint density at radius 3 is 2.31 bits per heavy atom. The van der Waals surface area contributed by atoms with Gasteiger partial charge in [0.05, 0.1) is 23.6 Å². The number of carbonyl (C=O) groups is 2. The Balaban J connectivity index is 0.000000454. The van der Waals surface area contributed by atoms with Gasteiger partial charge in [-0.05, 0) is 25.3 Å². The summed E-state index contributed by atoms with van der Waals surface area (Å²) in [5.74, 6) is -1.15. The molecule has 2 aliphatic rings. The highest BCUT2D eigenvalue weighted by atomic mass is 19.4. The van der Waals surface area contributed by atoms with Crippen LogP contribution in [0.25, 0.3) is 11.3 Å². The molecular formula is C23H34F3N7O3. The van der Waals surface area contributed by atoms with Crippen LogP contribution in [-0.2, 0) is 23.9 Å². The molecule has 13 heteroatoms. The van der Waals surface area contributed by atoms with Crippen molar-refractivity contribution in [3.8, 4) is 11.3 Å². The zero-order valence-corrected chi connectivity index (χ0v) is 21.0. The second-order valence-corrected chi connectivity index (χ2v) is 9.50. The minimum Gasteiger partial charge on any atom is -0.475 e. The SMILES string of the molecule is CCN1CCn2c(-c3cnn(C)c3)cnc2C12CCN(C(=O)NCC(C)C)CC2.O=C(O)C(F)(F)F. The number of rotatable bonds is 4. The number of carboxylic acid groups (broad SMARTS) is 1. The maximum absolute atomic E-state index is 12.5. The molecule has 0 radical (unpaired) electrons. The van der Waals surface area contributed by atoms with Gasteiger partial charge < -0.3 is 19.9 Å². The predicted molar refractivity (Wildman–Crippen MR) is 126 cm³/mol. The summed E-state index contributed by atoms with van der Waals surface area (Å²) in [5.41, 5.74) is 2.15. The van der Waals surface area contributed by atoms with Gasteiger partial charge in [-0.25, -0.2) is 14.6 Å². The van der Waals surface area contributed by atoms with Crippen LogP contribution in [0.5, 0.6) is 0 Å². The van der Waals surface area contributed by atoms with Gasteiger partial charge in [0.1, 0.15) is 5.82 Å². The van der Waals surface area contributed by atoms with Crippen LogP contribution >= 0.6 is 0 Å². The Morgan fingerprint density at radius 2 is 1.81 bits per heavy atom. The fourth-order valence-corrected chi connectivity index (χ4v) is 4.82. The first kappa shape index (κ1) is 27.5. The van der Waals surface area contributed by atoms with Crippen LogP contribution < -0.4 is 5.32 Å². The van der Waals surface area contributed by atoms with E-state index in [2.05, 4.69) is 40.7 Å². The molecule has 1 spiro atoms. The van der Waals surface area contributed by atoms with Gasteiger partial charge in [0.15, 0.2) is 0 Å². The maximum atomic E-state index is 12.5. The summed E-state index contributed by atoms with van der Waals surface area (Å²) in [6, 6.07) is 0.0619. The fraction of sp³-hybridized carbons (Fsp3) is 0.652. The van der Waals surface area contributed by atoms with E-state index in [1.54, 1.807) is 0 Å². The second kappa shape index (κ2) is 10.9. The van der Waals surface area contributed by atoms with Gasteiger partial charge in [-0.2, -0.15) is 18.3 Å². The zero-order chi connectivity index (χ0) is 26.7. The van der Waals surface area contributed by atoms with E-state index in [0.717, 1.165) is 69.2 Å². The molecule has 2 aromatic heterocycles. The Hall–Kier alpha value is -3.09. The monoisotopic (exact) mass is 513 g/mol. The fourth-order valence-electron chi connectivity index (χ4n) is 4.82. The van der Waals surface area contributed by atoms with Crippen LogP contribution in [0.15, 0.2) is 18.6 Å². The lowest BCUT2D eigenvalue weighted by Crippen LogP contribution is -2.59. The normalized spacial score (nSPS) is 17.5. The van der Waals surface area contributed by atoms with Gasteiger partial charge in [0.2, 0.25) is 0 Å². The number of alkyl halides is 3. The van der Waals surface area contributed by atoms with Crippen molar-refractivity contribution >= 4 is 12.0 Å². The molecule has 1 fully saturated rings. The minimum atomic E-state index is -5.08. The summed E-state index contributed by atoms with van der Waals surface area (Å²) in [4.78, 5) is 30.9. The van der Waals surface area contributed by atoms with E-state index in [0.29, 0.717) is 5.92 Å². The van der Waals surface area contributed by atoms with Gasteiger partial charge in [-0.1, -0.05) is 20.8 Å². The Morgan fingerprint density at radius 1 is 1.17 bits per heavy atom. The lowest BCUT2D eigenvalue weighted by molar-refractivity contribution is -0.192. The molecule has 0 bridgehead atoms. The number of hydrogen-bond donors (Lipinski definition) is 2. The summed E-state index contributed by atoms with van der Waals surface area (Å²) in [7, 11) is 1.94. The summed E-state index contributed by atoms with van der Waals surface area (Å²) in [5, 5.41) is 14.5. The van der Waals surface area contributed by atoms with E-state index in [4.69, 9.17) is 14.9 Å². The number of imidazole rings is 1. The molecule has 2 aliphatic heterocycles. The number of amides is 2. The number of nitrogens with one attached hydrogen (secondary N) is 1. The minimum absolute atomic E-state index is 0.0619. The number of halogens is 3. The van der Waals surface area contributed by atoms with Gasteiger partial charge in [-0.15, -0.1) is 0 Å². The van der Waals surface area contributed by atoms with Crippen LogP contribution in [0, 0.1) is 5.92 Å². The molecule has 2 N–H and O–H groups in total. The number of nitrogens with zero attached hydrogens (tertiary/aromatic N) is 6. The number of urea groups is 1. The predicted octanol–water partition coefficient (Wildman–Crippen LogP) is 2.91. The van der Waals surface area contributed by atoms with Crippen LogP contribution in [0.2, 0.25) is 0 Å². The van der Waals surface area contributed by atoms with Gasteiger partial charge in [-0.3, -0.25) is 9.58 Å². The third-order valence-electron chi connectivity index (χ3n) is 6.63. The number of piperidine rings is 1. The van der Waals surface area contributed by atoms with Gasteiger partial charge >= 0.3 is 18.2 Å². The number of likely N-dealkylation sites (tertiary alicyclic amines) is 1. The number of fused-ring (bicyclic) bond motifs is 2. The van der Waals surface area contributed by atoms with Crippen molar-refractivity contribution in [1.82, 2.24) is 34.4 Å². The highest BCUT2D eigenvalue weighted by molar-refractivity contribution is 5.74. The van der Waals surface area contributed by atoms with E-state index < -0.39 is 12.1 Å². The van der Waals surface area contributed by atoms with Crippen molar-refractivity contribution in [2.45, 2.75) is 51.9 Å². The summed E-state index contributed by atoms with van der Waals surface area (Å²) in [6.45, 7) is 11.6. The molecule has 2 amide bonds. The number of hydrogen-bond acceptors (Lipinski definition) is 5. The third kappa shape index (κ3) is 5.82. The lowest BCUT2D eigenvalue weighted by Gasteiger charge is -2.50. The molecular weight excluding hydrogens is 479 g/mol. The first-order chi connectivity index (χ1) is 16.9. The molecule has 0 saturated carbocycles. The smallest absolute Gasteiger partial charge is 0.475 e. The summed E-state index contributed by atoms with van der Waals surface area (Å²) in [6.07, 6.45) is 2.70. The number of carboxylic acids is 1. The second-order valence-electron chi connectivity index (χ2n) is 9.50. The highest BCUT2D eigenvalue weighted by Gasteiger charge is 2.47. The maximum Gasteiger partial charge on any atom is 0.490 e. The van der Waals surface area contributed by atoms with Crippen molar-refractivity contribution in [3.05, 3.63) is 24.4 Å². The standard InChI is InChI=1S/C21H33N7O.C2HF3O2/c1-5-27-10-11-28-18(17-13-24-25(4)15-17)14-22-19(28)21(27)6-8-26(9-7-21)20(29)23-12-16(2)3;3-2(4,5)1(6)7/h13-16H,5-12H2,1-4H3,(H,23,29);(H,6,7). The molecule has 0 aliphatic carbocycles. The van der Waals surface area contributed by atoms with E-state index in [-0.39, 0.29) is 11.6 Å². The molecule has 0 aromatic carbocycles. The van der Waals surface area contributed by atoms with Crippen LogP contribution in [0.3, 0.4) is 0 Å². The highest BCUT2D eigenvalue weighted by Crippen LogP contribution is 2.42. The van der Waals surface area contributed by atoms with Gasteiger partial charge in [0, 0.05) is 51.5 Å². The summed E-state index contributed by atoms with van der Waals surface area (Å²) < 4.78 is 35.9. The number of aliphatic carboxylic acids is 1. The van der Waals surface area contributed by atoms with Crippen LogP contribution in [-0.4, -0.2) is 85.1 Å². The molecule has 2 aromatic rings. The van der Waals surface area contributed by atoms with E-state index in [1.807, 2.05) is 35.2 Å². The Kier molecular flexibility index (Phi) is 8.32. The molecule has 4 heterocycles. The van der Waals surface area contributed by atoms with E-state index in [1.165, 1.54) is 0 Å². The Bertz CT molecular complexity index is 1060. The molecule has 10 nitrogen and oxygen atoms in total. The summed E-state index contributed by atoms with van der Waals surface area (Å²) >= 11 is 0. The van der Waals surface area contributed by atoms with Crippen molar-refractivity contribution in [2.75, 3.05) is 32.7 Å². The van der Waals surface area contributed by atoms with Crippen LogP contribution in [0.1, 0.15) is 39.4 Å². The largest absolute Gasteiger partial charge is 0.490 e. The van der Waals surface area contributed by atoms with Crippen molar-refractivity contribution in [3.63, 3.8) is 0 Å². The topological polar surface area (TPSA) is 109 Å². The first-order valence-electron chi connectivity index (χ1n) is 12.0. The van der Waals surface area contributed by atoms with Crippen molar-refractivity contribution in [2.24, 2.45) is 13.0 Å². The number of likely N-dealkylation sites (N-methyl/N-ethyl adjacent to an activating group) is 1. The molecule has 0 unspecified atom stereocenters. The van der Waals surface area contributed by atoms with Crippen molar-refractivity contribution in [1.29, 1.82) is 0 Å². The number of aromatic nitrogens is 4. The van der Waals surface area contributed by atoms with Gasteiger partial charge in [0.25, 0.3) is 0 Å².